The van der Waals surface area contributed by atoms with Crippen molar-refractivity contribution in [1.29, 1.82) is 0 Å². The number of ether oxygens (including phenoxy) is 1. The molecular formula is C13H10F2N2O2. The number of halogens is 2. The van der Waals surface area contributed by atoms with Crippen LogP contribution in [-0.4, -0.2) is 17.5 Å². The lowest BCUT2D eigenvalue weighted by Gasteiger charge is -2.07. The minimum Gasteiger partial charge on any atom is -0.435 e. The van der Waals surface area contributed by atoms with E-state index in [4.69, 9.17) is 0 Å². The summed E-state index contributed by atoms with van der Waals surface area (Å²) in [6, 6.07) is 10.6. The SMILES string of the molecule is O=C(Nc1ccccn1)c1cccc(OC(F)F)c1. The second kappa shape index (κ2) is 5.90. The van der Waals surface area contributed by atoms with Gasteiger partial charge in [0.25, 0.3) is 5.91 Å². The summed E-state index contributed by atoms with van der Waals surface area (Å²) in [5, 5.41) is 2.55. The quantitative estimate of drug-likeness (QED) is 0.923. The molecule has 0 atom stereocenters. The van der Waals surface area contributed by atoms with Crippen molar-refractivity contribution < 1.29 is 18.3 Å². The fourth-order valence-electron chi connectivity index (χ4n) is 1.44. The van der Waals surface area contributed by atoms with Crippen LogP contribution >= 0.6 is 0 Å². The Labute approximate surface area is 108 Å². The van der Waals surface area contributed by atoms with Crippen LogP contribution in [0.3, 0.4) is 0 Å². The molecule has 0 fully saturated rings. The lowest BCUT2D eigenvalue weighted by atomic mass is 10.2. The van der Waals surface area contributed by atoms with Gasteiger partial charge >= 0.3 is 6.61 Å². The van der Waals surface area contributed by atoms with Gasteiger partial charge in [-0.05, 0) is 30.3 Å². The van der Waals surface area contributed by atoms with Crippen LogP contribution in [-0.2, 0) is 0 Å². The van der Waals surface area contributed by atoms with Gasteiger partial charge in [-0.3, -0.25) is 4.79 Å². The Morgan fingerprint density at radius 2 is 2.05 bits per heavy atom. The first-order chi connectivity index (χ1) is 9.15. The first-order valence-electron chi connectivity index (χ1n) is 5.42. The Hall–Kier alpha value is -2.50. The van der Waals surface area contributed by atoms with Crippen molar-refractivity contribution in [3.8, 4) is 5.75 Å². The smallest absolute Gasteiger partial charge is 0.387 e. The molecule has 0 bridgehead atoms. The molecule has 0 aliphatic carbocycles. The van der Waals surface area contributed by atoms with Crippen LogP contribution in [0.2, 0.25) is 0 Å². The number of anilines is 1. The normalized spacial score (nSPS) is 10.3. The molecule has 1 aromatic carbocycles. The highest BCUT2D eigenvalue weighted by Crippen LogP contribution is 2.16. The Kier molecular flexibility index (Phi) is 4.02. The molecule has 1 heterocycles. The van der Waals surface area contributed by atoms with Crippen LogP contribution in [0.5, 0.6) is 5.75 Å². The zero-order valence-electron chi connectivity index (χ0n) is 9.72. The fourth-order valence-corrected chi connectivity index (χ4v) is 1.44. The first-order valence-corrected chi connectivity index (χ1v) is 5.42. The standard InChI is InChI=1S/C13H10F2N2O2/c14-13(15)19-10-5-3-4-9(8-10)12(18)17-11-6-1-2-7-16-11/h1-8,13H,(H,16,17,18). The number of hydrogen-bond donors (Lipinski definition) is 1. The van der Waals surface area contributed by atoms with Crippen LogP contribution < -0.4 is 10.1 Å². The number of carbonyl (C=O) groups excluding carboxylic acids is 1. The molecule has 0 unspecified atom stereocenters. The van der Waals surface area contributed by atoms with Gasteiger partial charge in [-0.2, -0.15) is 8.78 Å². The molecule has 6 heteroatoms. The van der Waals surface area contributed by atoms with E-state index in [1.807, 2.05) is 0 Å². The predicted octanol–water partition coefficient (Wildman–Crippen LogP) is 2.94. The summed E-state index contributed by atoms with van der Waals surface area (Å²) in [5.41, 5.74) is 0.212. The minimum absolute atomic E-state index is 0.0660. The first kappa shape index (κ1) is 12.9. The van der Waals surface area contributed by atoms with E-state index in [1.54, 1.807) is 18.2 Å². The number of rotatable bonds is 4. The zero-order chi connectivity index (χ0) is 13.7. The second-order valence-corrected chi connectivity index (χ2v) is 3.58. The van der Waals surface area contributed by atoms with Gasteiger partial charge in [0, 0.05) is 11.8 Å². The third kappa shape index (κ3) is 3.74. The number of carbonyl (C=O) groups is 1. The van der Waals surface area contributed by atoms with Gasteiger partial charge in [-0.15, -0.1) is 0 Å². The van der Waals surface area contributed by atoms with E-state index in [2.05, 4.69) is 15.0 Å². The molecule has 1 amide bonds. The topological polar surface area (TPSA) is 51.2 Å². The molecule has 19 heavy (non-hydrogen) atoms. The third-order valence-corrected chi connectivity index (χ3v) is 2.23. The molecule has 4 nitrogen and oxygen atoms in total. The summed E-state index contributed by atoms with van der Waals surface area (Å²) in [6.45, 7) is -2.92. The lowest BCUT2D eigenvalue weighted by Crippen LogP contribution is -2.13. The maximum absolute atomic E-state index is 12.1. The molecule has 0 aliphatic heterocycles. The van der Waals surface area contributed by atoms with Crippen LogP contribution in [0.15, 0.2) is 48.7 Å². The maximum atomic E-state index is 12.1. The average Bonchev–Trinajstić information content (AvgIpc) is 2.39. The average molecular weight is 264 g/mol. The van der Waals surface area contributed by atoms with Gasteiger partial charge < -0.3 is 10.1 Å². The second-order valence-electron chi connectivity index (χ2n) is 3.58. The van der Waals surface area contributed by atoms with Crippen molar-refractivity contribution in [3.05, 3.63) is 54.2 Å². The molecule has 1 N–H and O–H groups in total. The van der Waals surface area contributed by atoms with Crippen LogP contribution in [0.4, 0.5) is 14.6 Å². The van der Waals surface area contributed by atoms with Crippen molar-refractivity contribution in [3.63, 3.8) is 0 Å². The highest BCUT2D eigenvalue weighted by Gasteiger charge is 2.09. The van der Waals surface area contributed by atoms with E-state index in [0.717, 1.165) is 0 Å². The molecule has 0 saturated heterocycles. The fraction of sp³-hybridized carbons (Fsp3) is 0.0769. The number of hydrogen-bond acceptors (Lipinski definition) is 3. The number of nitrogens with zero attached hydrogens (tertiary/aromatic N) is 1. The van der Waals surface area contributed by atoms with Crippen LogP contribution in [0, 0.1) is 0 Å². The lowest BCUT2D eigenvalue weighted by molar-refractivity contribution is -0.0498. The predicted molar refractivity (Wildman–Crippen MR) is 65.3 cm³/mol. The number of aromatic nitrogens is 1. The van der Waals surface area contributed by atoms with E-state index >= 15 is 0 Å². The van der Waals surface area contributed by atoms with E-state index in [1.165, 1.54) is 30.5 Å². The Morgan fingerprint density at radius 3 is 2.74 bits per heavy atom. The van der Waals surface area contributed by atoms with E-state index < -0.39 is 12.5 Å². The zero-order valence-corrected chi connectivity index (χ0v) is 9.72. The summed E-state index contributed by atoms with van der Waals surface area (Å²) in [5.74, 6) is -0.130. The highest BCUT2D eigenvalue weighted by molar-refractivity contribution is 6.03. The van der Waals surface area contributed by atoms with E-state index in [-0.39, 0.29) is 11.3 Å². The molecule has 0 spiro atoms. The van der Waals surface area contributed by atoms with Crippen molar-refractivity contribution in [2.75, 3.05) is 5.32 Å². The van der Waals surface area contributed by atoms with Gasteiger partial charge in [0.2, 0.25) is 0 Å². The molecular weight excluding hydrogens is 254 g/mol. The Morgan fingerprint density at radius 1 is 1.21 bits per heavy atom. The molecule has 0 aliphatic rings. The van der Waals surface area contributed by atoms with Gasteiger partial charge in [-0.1, -0.05) is 12.1 Å². The van der Waals surface area contributed by atoms with Crippen molar-refractivity contribution in [2.24, 2.45) is 0 Å². The number of pyridine rings is 1. The molecule has 1 aromatic heterocycles. The van der Waals surface area contributed by atoms with E-state index in [9.17, 15) is 13.6 Å². The molecule has 0 saturated carbocycles. The Balaban J connectivity index is 2.11. The maximum Gasteiger partial charge on any atom is 0.387 e. The summed E-state index contributed by atoms with van der Waals surface area (Å²) >= 11 is 0. The Bertz CT molecular complexity index is 562. The number of amides is 1. The largest absolute Gasteiger partial charge is 0.435 e. The van der Waals surface area contributed by atoms with Crippen LogP contribution in [0.1, 0.15) is 10.4 Å². The minimum atomic E-state index is -2.92. The molecule has 98 valence electrons. The van der Waals surface area contributed by atoms with Gasteiger partial charge in [0.05, 0.1) is 0 Å². The van der Waals surface area contributed by atoms with Crippen molar-refractivity contribution in [1.82, 2.24) is 4.98 Å². The van der Waals surface area contributed by atoms with E-state index in [0.29, 0.717) is 5.82 Å². The van der Waals surface area contributed by atoms with Crippen molar-refractivity contribution >= 4 is 11.7 Å². The van der Waals surface area contributed by atoms with Gasteiger partial charge in [-0.25, -0.2) is 4.98 Å². The van der Waals surface area contributed by atoms with Gasteiger partial charge in [0.15, 0.2) is 0 Å². The number of alkyl halides is 2. The monoisotopic (exact) mass is 264 g/mol. The summed E-state index contributed by atoms with van der Waals surface area (Å²) in [4.78, 5) is 15.8. The molecule has 2 aromatic rings. The molecule has 2 rings (SSSR count). The molecule has 0 radical (unpaired) electrons. The number of benzene rings is 1. The summed E-state index contributed by atoms with van der Waals surface area (Å²) < 4.78 is 28.4. The van der Waals surface area contributed by atoms with Gasteiger partial charge in [0.1, 0.15) is 11.6 Å². The highest BCUT2D eigenvalue weighted by atomic mass is 19.3. The van der Waals surface area contributed by atoms with Crippen molar-refractivity contribution in [2.45, 2.75) is 6.61 Å². The van der Waals surface area contributed by atoms with Crippen LogP contribution in [0.25, 0.3) is 0 Å². The summed E-state index contributed by atoms with van der Waals surface area (Å²) in [7, 11) is 0. The summed E-state index contributed by atoms with van der Waals surface area (Å²) in [6.07, 6.45) is 1.53. The third-order valence-electron chi connectivity index (χ3n) is 2.23. The number of nitrogens with one attached hydrogen (secondary N) is 1.